The van der Waals surface area contributed by atoms with E-state index in [2.05, 4.69) is 48.5 Å². The molecule has 20 heavy (non-hydrogen) atoms. The van der Waals surface area contributed by atoms with E-state index in [1.54, 1.807) is 0 Å². The summed E-state index contributed by atoms with van der Waals surface area (Å²) in [6.07, 6.45) is 3.89. The van der Waals surface area contributed by atoms with Crippen LogP contribution in [0, 0.1) is 0 Å². The van der Waals surface area contributed by atoms with Crippen LogP contribution >= 0.6 is 0 Å². The highest BCUT2D eigenvalue weighted by Gasteiger charge is 2.13. The maximum atomic E-state index is 6.20. The van der Waals surface area contributed by atoms with Crippen molar-refractivity contribution in [3.8, 4) is 0 Å². The Balaban J connectivity index is 1.73. The number of rotatable bonds is 7. The topological polar surface area (TPSA) is 52.0 Å². The Morgan fingerprint density at radius 1 is 0.600 bits per heavy atom. The average molecular weight is 268 g/mol. The van der Waals surface area contributed by atoms with Crippen molar-refractivity contribution in [3.63, 3.8) is 0 Å². The van der Waals surface area contributed by atoms with Gasteiger partial charge >= 0.3 is 0 Å². The van der Waals surface area contributed by atoms with Gasteiger partial charge in [0.25, 0.3) is 0 Å². The third-order valence-electron chi connectivity index (χ3n) is 3.77. The third kappa shape index (κ3) is 4.80. The zero-order valence-corrected chi connectivity index (χ0v) is 11.9. The number of nitrogens with two attached hydrogens (primary N) is 2. The molecule has 0 saturated carbocycles. The zero-order valence-electron chi connectivity index (χ0n) is 11.9. The monoisotopic (exact) mass is 268 g/mol. The molecule has 0 fully saturated rings. The summed E-state index contributed by atoms with van der Waals surface area (Å²) in [7, 11) is 0. The van der Waals surface area contributed by atoms with Crippen molar-refractivity contribution in [1.82, 2.24) is 0 Å². The molecule has 0 radical (unpaired) electrons. The molecule has 2 aromatic carbocycles. The van der Waals surface area contributed by atoms with E-state index in [0.717, 1.165) is 25.7 Å². The van der Waals surface area contributed by atoms with Crippen molar-refractivity contribution >= 4 is 0 Å². The molecule has 2 heteroatoms. The first-order valence-electron chi connectivity index (χ1n) is 7.34. The van der Waals surface area contributed by atoms with E-state index >= 15 is 0 Å². The summed E-state index contributed by atoms with van der Waals surface area (Å²) >= 11 is 0. The molecule has 106 valence electrons. The van der Waals surface area contributed by atoms with Crippen LogP contribution in [0.4, 0.5) is 0 Å². The lowest BCUT2D eigenvalue weighted by molar-refractivity contribution is 0.470. The highest BCUT2D eigenvalue weighted by atomic mass is 14.8. The third-order valence-corrected chi connectivity index (χ3v) is 3.77. The molecule has 4 N–H and O–H groups in total. The van der Waals surface area contributed by atoms with E-state index in [0.29, 0.717) is 0 Å². The lowest BCUT2D eigenvalue weighted by Crippen LogP contribution is -2.41. The molecule has 0 aliphatic rings. The summed E-state index contributed by atoms with van der Waals surface area (Å²) in [5.41, 5.74) is 15.1. The van der Waals surface area contributed by atoms with E-state index in [9.17, 15) is 0 Å². The maximum absolute atomic E-state index is 6.20. The number of hydrogen-bond acceptors (Lipinski definition) is 2. The van der Waals surface area contributed by atoms with Crippen LogP contribution in [0.2, 0.25) is 0 Å². The molecule has 0 amide bonds. The molecule has 0 bridgehead atoms. The second kappa shape index (κ2) is 7.83. The standard InChI is InChI=1S/C18H24N2/c19-17(13-11-15-7-3-1-4-8-15)18(20)14-12-16-9-5-2-6-10-16/h1-10,17-18H,11-14,19-20H2/t17-,18+. The Kier molecular flexibility index (Phi) is 5.78. The molecular formula is C18H24N2. The molecule has 0 aliphatic carbocycles. The van der Waals surface area contributed by atoms with E-state index in [-0.39, 0.29) is 12.1 Å². The lowest BCUT2D eigenvalue weighted by Gasteiger charge is -2.20. The quantitative estimate of drug-likeness (QED) is 0.811. The van der Waals surface area contributed by atoms with Crippen molar-refractivity contribution in [2.45, 2.75) is 37.8 Å². The fourth-order valence-electron chi connectivity index (χ4n) is 2.38. The second-order valence-electron chi connectivity index (χ2n) is 5.38. The molecule has 2 atom stereocenters. The summed E-state index contributed by atoms with van der Waals surface area (Å²) < 4.78 is 0. The highest BCUT2D eigenvalue weighted by Crippen LogP contribution is 2.09. The van der Waals surface area contributed by atoms with Crippen molar-refractivity contribution in [1.29, 1.82) is 0 Å². The first-order chi connectivity index (χ1) is 9.75. The Bertz CT molecular complexity index is 434. The first kappa shape index (κ1) is 14.8. The van der Waals surface area contributed by atoms with Crippen LogP contribution in [-0.2, 0) is 12.8 Å². The molecule has 0 saturated heterocycles. The van der Waals surface area contributed by atoms with E-state index in [1.165, 1.54) is 11.1 Å². The van der Waals surface area contributed by atoms with Crippen LogP contribution in [0.25, 0.3) is 0 Å². The van der Waals surface area contributed by atoms with Crippen molar-refractivity contribution in [2.24, 2.45) is 11.5 Å². The van der Waals surface area contributed by atoms with Gasteiger partial charge in [-0.1, -0.05) is 60.7 Å². The fourth-order valence-corrected chi connectivity index (χ4v) is 2.38. The van der Waals surface area contributed by atoms with Crippen LogP contribution in [-0.4, -0.2) is 12.1 Å². The number of aryl methyl sites for hydroxylation is 2. The molecule has 2 nitrogen and oxygen atoms in total. The molecule has 2 rings (SSSR count). The van der Waals surface area contributed by atoms with Crippen molar-refractivity contribution in [3.05, 3.63) is 71.8 Å². The smallest absolute Gasteiger partial charge is 0.0195 e. The second-order valence-corrected chi connectivity index (χ2v) is 5.38. The van der Waals surface area contributed by atoms with Gasteiger partial charge in [-0.2, -0.15) is 0 Å². The molecule has 2 aromatic rings. The van der Waals surface area contributed by atoms with Crippen molar-refractivity contribution < 1.29 is 0 Å². The van der Waals surface area contributed by atoms with Crippen LogP contribution in [0.3, 0.4) is 0 Å². The summed E-state index contributed by atoms with van der Waals surface area (Å²) in [4.78, 5) is 0. The molecular weight excluding hydrogens is 244 g/mol. The Morgan fingerprint density at radius 2 is 0.950 bits per heavy atom. The van der Waals surface area contributed by atoms with E-state index in [1.807, 2.05) is 12.1 Å². The van der Waals surface area contributed by atoms with Gasteiger partial charge in [-0.05, 0) is 36.8 Å². The summed E-state index contributed by atoms with van der Waals surface area (Å²) in [5.74, 6) is 0. The van der Waals surface area contributed by atoms with Crippen LogP contribution in [0.15, 0.2) is 60.7 Å². The van der Waals surface area contributed by atoms with Gasteiger partial charge in [-0.3, -0.25) is 0 Å². The summed E-state index contributed by atoms with van der Waals surface area (Å²) in [6.45, 7) is 0. The van der Waals surface area contributed by atoms with Gasteiger partial charge < -0.3 is 11.5 Å². The highest BCUT2D eigenvalue weighted by molar-refractivity contribution is 5.16. The molecule has 0 heterocycles. The minimum absolute atomic E-state index is 0.0684. The SMILES string of the molecule is N[C@H](CCc1ccccc1)[C@@H](N)CCc1ccccc1. The minimum atomic E-state index is 0.0684. The molecule has 0 unspecified atom stereocenters. The van der Waals surface area contributed by atoms with Crippen LogP contribution < -0.4 is 11.5 Å². The lowest BCUT2D eigenvalue weighted by atomic mass is 9.96. The molecule has 0 spiro atoms. The first-order valence-corrected chi connectivity index (χ1v) is 7.34. The number of benzene rings is 2. The van der Waals surface area contributed by atoms with Gasteiger partial charge in [0.2, 0.25) is 0 Å². The van der Waals surface area contributed by atoms with Gasteiger partial charge in [0.15, 0.2) is 0 Å². The number of hydrogen-bond donors (Lipinski definition) is 2. The van der Waals surface area contributed by atoms with Crippen molar-refractivity contribution in [2.75, 3.05) is 0 Å². The normalized spacial score (nSPS) is 13.9. The Morgan fingerprint density at radius 3 is 1.30 bits per heavy atom. The van der Waals surface area contributed by atoms with Gasteiger partial charge in [0.1, 0.15) is 0 Å². The van der Waals surface area contributed by atoms with E-state index in [4.69, 9.17) is 11.5 Å². The summed E-state index contributed by atoms with van der Waals surface area (Å²) in [5, 5.41) is 0. The van der Waals surface area contributed by atoms with Crippen LogP contribution in [0.1, 0.15) is 24.0 Å². The predicted octanol–water partition coefficient (Wildman–Crippen LogP) is 2.91. The predicted molar refractivity (Wildman–Crippen MR) is 85.5 cm³/mol. The maximum Gasteiger partial charge on any atom is 0.0195 e. The molecule has 0 aliphatic heterocycles. The van der Waals surface area contributed by atoms with Gasteiger partial charge in [-0.15, -0.1) is 0 Å². The summed E-state index contributed by atoms with van der Waals surface area (Å²) in [6, 6.07) is 21.0. The minimum Gasteiger partial charge on any atom is -0.326 e. The van der Waals surface area contributed by atoms with Gasteiger partial charge in [-0.25, -0.2) is 0 Å². The average Bonchev–Trinajstić information content (AvgIpc) is 2.52. The molecule has 0 aromatic heterocycles. The van der Waals surface area contributed by atoms with Gasteiger partial charge in [0, 0.05) is 12.1 Å². The van der Waals surface area contributed by atoms with Crippen LogP contribution in [0.5, 0.6) is 0 Å². The largest absolute Gasteiger partial charge is 0.326 e. The zero-order chi connectivity index (χ0) is 14.2. The van der Waals surface area contributed by atoms with Gasteiger partial charge in [0.05, 0.1) is 0 Å². The van der Waals surface area contributed by atoms with E-state index < -0.39 is 0 Å². The Labute approximate surface area is 121 Å². The Hall–Kier alpha value is -1.64. The fraction of sp³-hybridized carbons (Fsp3) is 0.333.